The van der Waals surface area contributed by atoms with Crippen LogP contribution < -0.4 is 5.32 Å². The van der Waals surface area contributed by atoms with Crippen LogP contribution in [-0.4, -0.2) is 17.1 Å². The third-order valence-corrected chi connectivity index (χ3v) is 3.96. The van der Waals surface area contributed by atoms with E-state index in [1.54, 1.807) is 36.5 Å². The molecule has 0 radical (unpaired) electrons. The van der Waals surface area contributed by atoms with Gasteiger partial charge in [-0.2, -0.15) is 0 Å². The van der Waals surface area contributed by atoms with Gasteiger partial charge in [-0.3, -0.25) is 4.79 Å². The Labute approximate surface area is 131 Å². The van der Waals surface area contributed by atoms with E-state index in [2.05, 4.69) is 10.3 Å². The summed E-state index contributed by atoms with van der Waals surface area (Å²) in [7, 11) is 0. The second-order valence-corrected chi connectivity index (χ2v) is 5.62. The zero-order valence-corrected chi connectivity index (χ0v) is 13.0. The molecule has 0 unspecified atom stereocenters. The molecule has 0 atom stereocenters. The fraction of sp³-hybridized carbons (Fsp3) is 0.143. The third kappa shape index (κ3) is 3.66. The molecule has 0 aliphatic carbocycles. The fourth-order valence-corrected chi connectivity index (χ4v) is 2.68. The molecule has 6 heteroatoms. The predicted molar refractivity (Wildman–Crippen MR) is 83.7 cm³/mol. The van der Waals surface area contributed by atoms with Crippen molar-refractivity contribution in [2.75, 3.05) is 6.26 Å². The van der Waals surface area contributed by atoms with E-state index in [1.165, 1.54) is 11.8 Å². The van der Waals surface area contributed by atoms with Crippen LogP contribution in [0.2, 0.25) is 10.0 Å². The highest BCUT2D eigenvalue weighted by molar-refractivity contribution is 7.98. The Morgan fingerprint density at radius 1 is 1.35 bits per heavy atom. The average Bonchev–Trinajstić information content (AvgIpc) is 2.46. The van der Waals surface area contributed by atoms with Crippen LogP contribution in [0.1, 0.15) is 15.9 Å². The first kappa shape index (κ1) is 15.2. The molecule has 0 spiro atoms. The van der Waals surface area contributed by atoms with E-state index in [1.807, 2.05) is 6.26 Å². The van der Waals surface area contributed by atoms with Gasteiger partial charge in [-0.15, -0.1) is 11.8 Å². The van der Waals surface area contributed by atoms with E-state index in [0.29, 0.717) is 27.2 Å². The molecule has 1 aromatic heterocycles. The van der Waals surface area contributed by atoms with Crippen LogP contribution in [0.25, 0.3) is 0 Å². The van der Waals surface area contributed by atoms with Gasteiger partial charge in [0.25, 0.3) is 5.91 Å². The molecule has 3 nitrogen and oxygen atoms in total. The van der Waals surface area contributed by atoms with Gasteiger partial charge in [0.2, 0.25) is 0 Å². The normalized spacial score (nSPS) is 10.3. The summed E-state index contributed by atoms with van der Waals surface area (Å²) >= 11 is 13.3. The molecule has 0 aliphatic heterocycles. The maximum atomic E-state index is 12.1. The first-order valence-electron chi connectivity index (χ1n) is 5.83. The van der Waals surface area contributed by atoms with E-state index in [-0.39, 0.29) is 5.91 Å². The number of halogens is 2. The Balaban J connectivity index is 2.09. The number of nitrogens with zero attached hydrogens (tertiary/aromatic N) is 1. The highest BCUT2D eigenvalue weighted by Crippen LogP contribution is 2.21. The molecule has 20 heavy (non-hydrogen) atoms. The number of thioether (sulfide) groups is 1. The number of aromatic nitrogens is 1. The van der Waals surface area contributed by atoms with Gasteiger partial charge in [0, 0.05) is 22.8 Å². The van der Waals surface area contributed by atoms with Crippen molar-refractivity contribution in [2.24, 2.45) is 0 Å². The van der Waals surface area contributed by atoms with Gasteiger partial charge in [0.15, 0.2) is 0 Å². The minimum Gasteiger partial charge on any atom is -0.348 e. The van der Waals surface area contributed by atoms with Gasteiger partial charge in [-0.05, 0) is 36.1 Å². The average molecular weight is 327 g/mol. The molecule has 0 saturated carbocycles. The Hall–Kier alpha value is -1.23. The molecule has 0 bridgehead atoms. The van der Waals surface area contributed by atoms with Crippen molar-refractivity contribution in [3.8, 4) is 0 Å². The number of carbonyl (C=O) groups excluding carboxylic acids is 1. The molecule has 0 aliphatic rings. The molecule has 2 rings (SSSR count). The summed E-state index contributed by atoms with van der Waals surface area (Å²) in [6.07, 6.45) is 3.55. The van der Waals surface area contributed by atoms with E-state index in [9.17, 15) is 4.79 Å². The second-order valence-electron chi connectivity index (χ2n) is 3.98. The predicted octanol–water partition coefficient (Wildman–Crippen LogP) is 4.04. The van der Waals surface area contributed by atoms with Gasteiger partial charge in [-0.25, -0.2) is 4.98 Å². The minimum atomic E-state index is -0.173. The number of carbonyl (C=O) groups is 1. The quantitative estimate of drug-likeness (QED) is 0.862. The van der Waals surface area contributed by atoms with Crippen LogP contribution in [0.15, 0.2) is 41.6 Å². The van der Waals surface area contributed by atoms with Crippen LogP contribution in [0.5, 0.6) is 0 Å². The lowest BCUT2D eigenvalue weighted by Gasteiger charge is -2.09. The van der Waals surface area contributed by atoms with E-state index in [0.717, 1.165) is 5.56 Å². The summed E-state index contributed by atoms with van der Waals surface area (Å²) in [5, 5.41) is 4.64. The Bertz CT molecular complexity index is 634. The van der Waals surface area contributed by atoms with Crippen LogP contribution in [0.4, 0.5) is 0 Å². The second kappa shape index (κ2) is 6.97. The molecule has 0 saturated heterocycles. The molecule has 104 valence electrons. The molecular weight excluding hydrogens is 315 g/mol. The van der Waals surface area contributed by atoms with Crippen molar-refractivity contribution in [1.29, 1.82) is 0 Å². The van der Waals surface area contributed by atoms with Gasteiger partial charge < -0.3 is 5.32 Å². The maximum Gasteiger partial charge on any atom is 0.254 e. The van der Waals surface area contributed by atoms with Crippen LogP contribution in [0.3, 0.4) is 0 Å². The maximum absolute atomic E-state index is 12.1. The van der Waals surface area contributed by atoms with Crippen molar-refractivity contribution >= 4 is 40.9 Å². The number of nitrogens with one attached hydrogen (secondary N) is 1. The van der Waals surface area contributed by atoms with Gasteiger partial charge >= 0.3 is 0 Å². The Morgan fingerprint density at radius 3 is 2.85 bits per heavy atom. The number of benzene rings is 1. The first-order valence-corrected chi connectivity index (χ1v) is 7.81. The highest BCUT2D eigenvalue weighted by atomic mass is 35.5. The summed E-state index contributed by atoms with van der Waals surface area (Å²) in [5.41, 5.74) is 1.38. The van der Waals surface area contributed by atoms with E-state index < -0.39 is 0 Å². The molecule has 2 aromatic rings. The lowest BCUT2D eigenvalue weighted by Crippen LogP contribution is -2.23. The van der Waals surface area contributed by atoms with Crippen LogP contribution in [0, 0.1) is 0 Å². The standard InChI is InChI=1S/C14H12Cl2N2OS/c1-20-14-11(3-2-6-17-14)13(19)18-8-9-4-5-10(15)7-12(9)16/h2-7H,8H2,1H3,(H,18,19). The largest absolute Gasteiger partial charge is 0.348 e. The van der Waals surface area contributed by atoms with Crippen LogP contribution in [-0.2, 0) is 6.54 Å². The lowest BCUT2D eigenvalue weighted by molar-refractivity contribution is 0.0947. The molecule has 0 fully saturated rings. The highest BCUT2D eigenvalue weighted by Gasteiger charge is 2.11. The SMILES string of the molecule is CSc1ncccc1C(=O)NCc1ccc(Cl)cc1Cl. The monoisotopic (exact) mass is 326 g/mol. The number of amides is 1. The van der Waals surface area contributed by atoms with Gasteiger partial charge in [0.1, 0.15) is 5.03 Å². The van der Waals surface area contributed by atoms with Crippen molar-refractivity contribution in [2.45, 2.75) is 11.6 Å². The van der Waals surface area contributed by atoms with Crippen molar-refractivity contribution in [1.82, 2.24) is 10.3 Å². The van der Waals surface area contributed by atoms with Gasteiger partial charge in [-0.1, -0.05) is 29.3 Å². The summed E-state index contributed by atoms with van der Waals surface area (Å²) in [4.78, 5) is 16.3. The zero-order chi connectivity index (χ0) is 14.5. The third-order valence-electron chi connectivity index (χ3n) is 2.66. The topological polar surface area (TPSA) is 42.0 Å². The van der Waals surface area contributed by atoms with Crippen LogP contribution >= 0.6 is 35.0 Å². The summed E-state index contributed by atoms with van der Waals surface area (Å²) in [5.74, 6) is -0.173. The van der Waals surface area contributed by atoms with E-state index >= 15 is 0 Å². The minimum absolute atomic E-state index is 0.173. The molecule has 1 heterocycles. The van der Waals surface area contributed by atoms with Gasteiger partial charge in [0.05, 0.1) is 5.56 Å². The van der Waals surface area contributed by atoms with Crippen molar-refractivity contribution < 1.29 is 4.79 Å². The smallest absolute Gasteiger partial charge is 0.254 e. The lowest BCUT2D eigenvalue weighted by atomic mass is 10.2. The van der Waals surface area contributed by atoms with Crippen molar-refractivity contribution in [3.63, 3.8) is 0 Å². The zero-order valence-electron chi connectivity index (χ0n) is 10.7. The number of hydrogen-bond donors (Lipinski definition) is 1. The Kier molecular flexibility index (Phi) is 5.29. The first-order chi connectivity index (χ1) is 9.61. The molecule has 1 aromatic carbocycles. The molecular formula is C14H12Cl2N2OS. The molecule has 1 amide bonds. The van der Waals surface area contributed by atoms with E-state index in [4.69, 9.17) is 23.2 Å². The Morgan fingerprint density at radius 2 is 2.15 bits per heavy atom. The fourth-order valence-electron chi connectivity index (χ4n) is 1.66. The van der Waals surface area contributed by atoms with Crippen molar-refractivity contribution in [3.05, 3.63) is 57.7 Å². The summed E-state index contributed by atoms with van der Waals surface area (Å²) in [6.45, 7) is 0.345. The number of pyridine rings is 1. The molecule has 1 N–H and O–H groups in total. The summed E-state index contributed by atoms with van der Waals surface area (Å²) in [6, 6.07) is 8.68. The number of rotatable bonds is 4. The summed E-state index contributed by atoms with van der Waals surface area (Å²) < 4.78 is 0. The number of hydrogen-bond acceptors (Lipinski definition) is 3.